The van der Waals surface area contributed by atoms with Crippen molar-refractivity contribution >= 4 is 11.6 Å². The highest BCUT2D eigenvalue weighted by molar-refractivity contribution is 5.77. The van der Waals surface area contributed by atoms with Gasteiger partial charge in [-0.25, -0.2) is 0 Å². The van der Waals surface area contributed by atoms with Crippen LogP contribution in [0.2, 0.25) is 0 Å². The van der Waals surface area contributed by atoms with Crippen molar-refractivity contribution in [3.63, 3.8) is 0 Å². The number of hydrogen-bond acceptors (Lipinski definition) is 3. The molecule has 4 nitrogen and oxygen atoms in total. The molecule has 0 unspecified atom stereocenters. The van der Waals surface area contributed by atoms with Gasteiger partial charge in [0.05, 0.1) is 0 Å². The molecule has 1 aliphatic carbocycles. The summed E-state index contributed by atoms with van der Waals surface area (Å²) in [7, 11) is 4.03. The zero-order valence-electron chi connectivity index (χ0n) is 12.5. The average molecular weight is 275 g/mol. The molecule has 4 heteroatoms. The number of nitrogens with zero attached hydrogens (tertiary/aromatic N) is 1. The van der Waals surface area contributed by atoms with Crippen LogP contribution in [0.4, 0.5) is 5.69 Å². The largest absolute Gasteiger partial charge is 0.378 e. The Kier molecular flexibility index (Phi) is 4.65. The van der Waals surface area contributed by atoms with E-state index in [0.717, 1.165) is 36.9 Å². The maximum atomic E-state index is 12.0. The second-order valence-corrected chi connectivity index (χ2v) is 6.08. The quantitative estimate of drug-likeness (QED) is 0.864. The first-order chi connectivity index (χ1) is 9.48. The second-order valence-electron chi connectivity index (χ2n) is 6.08. The van der Waals surface area contributed by atoms with Gasteiger partial charge in [0.15, 0.2) is 0 Å². The van der Waals surface area contributed by atoms with E-state index in [9.17, 15) is 4.79 Å². The maximum Gasteiger partial charge on any atom is 0.222 e. The predicted molar refractivity (Wildman–Crippen MR) is 82.6 cm³/mol. The number of anilines is 1. The minimum atomic E-state index is -0.265. The van der Waals surface area contributed by atoms with Crippen LogP contribution in [-0.2, 0) is 11.3 Å². The normalized spacial score (nSPS) is 16.9. The lowest BCUT2D eigenvalue weighted by Gasteiger charge is -2.22. The predicted octanol–water partition coefficient (Wildman–Crippen LogP) is 2.03. The van der Waals surface area contributed by atoms with Gasteiger partial charge in [0.25, 0.3) is 0 Å². The van der Waals surface area contributed by atoms with Crippen LogP contribution in [0, 0.1) is 0 Å². The van der Waals surface area contributed by atoms with E-state index in [1.165, 1.54) is 0 Å². The Labute approximate surface area is 121 Å². The summed E-state index contributed by atoms with van der Waals surface area (Å²) in [6, 6.07) is 8.21. The molecule has 0 atom stereocenters. The SMILES string of the molecule is CN(C)c1ccc(CNC(=O)CC2(N)CCCC2)cc1. The molecule has 0 aromatic heterocycles. The second kappa shape index (κ2) is 6.27. The number of carbonyl (C=O) groups excluding carboxylic acids is 1. The van der Waals surface area contributed by atoms with Gasteiger partial charge >= 0.3 is 0 Å². The number of hydrogen-bond donors (Lipinski definition) is 2. The summed E-state index contributed by atoms with van der Waals surface area (Å²) in [6.45, 7) is 0.572. The number of nitrogens with one attached hydrogen (secondary N) is 1. The van der Waals surface area contributed by atoms with Crippen LogP contribution < -0.4 is 16.0 Å². The van der Waals surface area contributed by atoms with Crippen LogP contribution >= 0.6 is 0 Å². The summed E-state index contributed by atoms with van der Waals surface area (Å²) in [5.41, 5.74) is 8.22. The fourth-order valence-corrected chi connectivity index (χ4v) is 2.75. The fraction of sp³-hybridized carbons (Fsp3) is 0.562. The Hall–Kier alpha value is -1.55. The minimum absolute atomic E-state index is 0.0612. The number of rotatable bonds is 5. The first-order valence-electron chi connectivity index (χ1n) is 7.30. The van der Waals surface area contributed by atoms with E-state index in [1.807, 2.05) is 26.2 Å². The van der Waals surface area contributed by atoms with Crippen LogP contribution in [0.15, 0.2) is 24.3 Å². The van der Waals surface area contributed by atoms with Crippen molar-refractivity contribution in [3.05, 3.63) is 29.8 Å². The molecule has 1 amide bonds. The van der Waals surface area contributed by atoms with Gasteiger partial charge in [0.1, 0.15) is 0 Å². The maximum absolute atomic E-state index is 12.0. The molecule has 0 saturated heterocycles. The van der Waals surface area contributed by atoms with Crippen LogP contribution in [0.1, 0.15) is 37.7 Å². The molecule has 0 radical (unpaired) electrons. The van der Waals surface area contributed by atoms with Crippen molar-refractivity contribution in [3.8, 4) is 0 Å². The molecule has 3 N–H and O–H groups in total. The van der Waals surface area contributed by atoms with E-state index in [2.05, 4.69) is 22.3 Å². The smallest absolute Gasteiger partial charge is 0.222 e. The highest BCUT2D eigenvalue weighted by atomic mass is 16.1. The van der Waals surface area contributed by atoms with Gasteiger partial charge in [-0.3, -0.25) is 4.79 Å². The van der Waals surface area contributed by atoms with Gasteiger partial charge in [-0.1, -0.05) is 25.0 Å². The molecule has 0 spiro atoms. The lowest BCUT2D eigenvalue weighted by Crippen LogP contribution is -2.41. The Morgan fingerprint density at radius 1 is 1.25 bits per heavy atom. The van der Waals surface area contributed by atoms with Crippen molar-refractivity contribution in [1.29, 1.82) is 0 Å². The first kappa shape index (κ1) is 14.9. The lowest BCUT2D eigenvalue weighted by molar-refractivity contribution is -0.122. The number of benzene rings is 1. The van der Waals surface area contributed by atoms with Crippen LogP contribution in [0.25, 0.3) is 0 Å². The summed E-state index contributed by atoms with van der Waals surface area (Å²) in [6.07, 6.45) is 4.68. The van der Waals surface area contributed by atoms with Crippen molar-refractivity contribution in [2.45, 2.75) is 44.2 Å². The molecular formula is C16H25N3O. The first-order valence-corrected chi connectivity index (χ1v) is 7.30. The summed E-state index contributed by atoms with van der Waals surface area (Å²) in [5.74, 6) is 0.0612. The van der Waals surface area contributed by atoms with Crippen LogP contribution in [-0.4, -0.2) is 25.5 Å². The highest BCUT2D eigenvalue weighted by Gasteiger charge is 2.31. The molecule has 0 aliphatic heterocycles. The molecule has 0 bridgehead atoms. The zero-order valence-corrected chi connectivity index (χ0v) is 12.5. The van der Waals surface area contributed by atoms with E-state index in [4.69, 9.17) is 5.73 Å². The molecule has 2 rings (SSSR count). The Morgan fingerprint density at radius 3 is 2.40 bits per heavy atom. The fourth-order valence-electron chi connectivity index (χ4n) is 2.75. The summed E-state index contributed by atoms with van der Waals surface area (Å²) >= 11 is 0. The molecule has 0 heterocycles. The monoisotopic (exact) mass is 275 g/mol. The third kappa shape index (κ3) is 3.97. The van der Waals surface area contributed by atoms with Gasteiger partial charge < -0.3 is 16.0 Å². The number of nitrogens with two attached hydrogens (primary N) is 1. The summed E-state index contributed by atoms with van der Waals surface area (Å²) in [4.78, 5) is 14.0. The number of carbonyl (C=O) groups is 1. The molecule has 1 fully saturated rings. The third-order valence-corrected chi connectivity index (χ3v) is 4.05. The Morgan fingerprint density at radius 2 is 1.85 bits per heavy atom. The van der Waals surface area contributed by atoms with Crippen molar-refractivity contribution in [1.82, 2.24) is 5.32 Å². The van der Waals surface area contributed by atoms with E-state index >= 15 is 0 Å². The van der Waals surface area contributed by atoms with E-state index < -0.39 is 0 Å². The Balaban J connectivity index is 1.81. The van der Waals surface area contributed by atoms with Gasteiger partial charge in [-0.15, -0.1) is 0 Å². The molecule has 20 heavy (non-hydrogen) atoms. The molecule has 110 valence electrons. The number of amides is 1. The van der Waals surface area contributed by atoms with E-state index in [1.54, 1.807) is 0 Å². The van der Waals surface area contributed by atoms with Gasteiger partial charge in [-0.05, 0) is 30.5 Å². The molecular weight excluding hydrogens is 250 g/mol. The molecule has 1 aromatic carbocycles. The minimum Gasteiger partial charge on any atom is -0.378 e. The molecule has 1 saturated carbocycles. The third-order valence-electron chi connectivity index (χ3n) is 4.05. The molecule has 1 aliphatic rings. The van der Waals surface area contributed by atoms with Gasteiger partial charge in [-0.2, -0.15) is 0 Å². The van der Waals surface area contributed by atoms with Crippen LogP contribution in [0.5, 0.6) is 0 Å². The summed E-state index contributed by atoms with van der Waals surface area (Å²) in [5, 5.41) is 2.97. The lowest BCUT2D eigenvalue weighted by atomic mass is 9.94. The molecule has 1 aromatic rings. The van der Waals surface area contributed by atoms with Gasteiger partial charge in [0, 0.05) is 38.3 Å². The topological polar surface area (TPSA) is 58.4 Å². The van der Waals surface area contributed by atoms with E-state index in [-0.39, 0.29) is 11.4 Å². The summed E-state index contributed by atoms with van der Waals surface area (Å²) < 4.78 is 0. The average Bonchev–Trinajstić information content (AvgIpc) is 2.83. The highest BCUT2D eigenvalue weighted by Crippen LogP contribution is 2.29. The van der Waals surface area contributed by atoms with Crippen molar-refractivity contribution in [2.24, 2.45) is 5.73 Å². The Bertz CT molecular complexity index is 447. The van der Waals surface area contributed by atoms with Crippen molar-refractivity contribution < 1.29 is 4.79 Å². The van der Waals surface area contributed by atoms with Crippen molar-refractivity contribution in [2.75, 3.05) is 19.0 Å². The van der Waals surface area contributed by atoms with Crippen LogP contribution in [0.3, 0.4) is 0 Å². The zero-order chi connectivity index (χ0) is 14.6. The standard InChI is InChI=1S/C16H25N3O/c1-19(2)14-7-5-13(6-8-14)12-18-15(20)11-16(17)9-3-4-10-16/h5-8H,3-4,9-12,17H2,1-2H3,(H,18,20). The van der Waals surface area contributed by atoms with E-state index in [0.29, 0.717) is 13.0 Å². The van der Waals surface area contributed by atoms with Gasteiger partial charge in [0.2, 0.25) is 5.91 Å².